The Morgan fingerprint density at radius 3 is 3.00 bits per heavy atom. The van der Waals surface area contributed by atoms with E-state index in [1.165, 1.54) is 28.7 Å². The number of thiophene rings is 1. The Morgan fingerprint density at radius 2 is 2.15 bits per heavy atom. The second-order valence-electron chi connectivity index (χ2n) is 6.40. The summed E-state index contributed by atoms with van der Waals surface area (Å²) in [5, 5.41) is 1.16. The van der Waals surface area contributed by atoms with Crippen LogP contribution in [0.5, 0.6) is 0 Å². The van der Waals surface area contributed by atoms with Crippen LogP contribution in [0, 0.1) is 13.8 Å². The van der Waals surface area contributed by atoms with Crippen LogP contribution in [0.4, 0.5) is 5.69 Å². The van der Waals surface area contributed by atoms with E-state index in [9.17, 15) is 9.59 Å². The fraction of sp³-hybridized carbons (Fsp3) is 0.316. The van der Waals surface area contributed by atoms with Gasteiger partial charge in [-0.05, 0) is 43.9 Å². The SMILES string of the molecule is Cc1sc2nc(SCC(=O)N3CCCc4ccccc43)[nH]c(=O)c2c1C. The highest BCUT2D eigenvalue weighted by Crippen LogP contribution is 2.29. The maximum Gasteiger partial charge on any atom is 0.260 e. The average molecular weight is 386 g/mol. The van der Waals surface area contributed by atoms with Gasteiger partial charge in [0.1, 0.15) is 4.83 Å². The van der Waals surface area contributed by atoms with Gasteiger partial charge in [0.15, 0.2) is 5.16 Å². The van der Waals surface area contributed by atoms with Crippen molar-refractivity contribution in [2.24, 2.45) is 0 Å². The summed E-state index contributed by atoms with van der Waals surface area (Å²) in [6, 6.07) is 8.05. The van der Waals surface area contributed by atoms with E-state index in [0.29, 0.717) is 10.5 Å². The molecule has 26 heavy (non-hydrogen) atoms. The Balaban J connectivity index is 1.54. The molecule has 5 nitrogen and oxygen atoms in total. The smallest absolute Gasteiger partial charge is 0.260 e. The molecule has 1 aliphatic heterocycles. The van der Waals surface area contributed by atoms with E-state index >= 15 is 0 Å². The third kappa shape index (κ3) is 3.05. The molecule has 0 unspecified atom stereocenters. The average Bonchev–Trinajstić information content (AvgIpc) is 2.93. The lowest BCUT2D eigenvalue weighted by Gasteiger charge is -2.29. The largest absolute Gasteiger partial charge is 0.311 e. The number of H-pyrrole nitrogens is 1. The molecule has 0 spiro atoms. The van der Waals surface area contributed by atoms with Crippen molar-refractivity contribution in [2.45, 2.75) is 31.8 Å². The van der Waals surface area contributed by atoms with Gasteiger partial charge in [-0.3, -0.25) is 9.59 Å². The number of rotatable bonds is 3. The van der Waals surface area contributed by atoms with Crippen LogP contribution in [0.2, 0.25) is 0 Å². The maximum atomic E-state index is 12.7. The highest BCUT2D eigenvalue weighted by atomic mass is 32.2. The van der Waals surface area contributed by atoms with E-state index in [0.717, 1.165) is 40.3 Å². The number of nitrogens with one attached hydrogen (secondary N) is 1. The second kappa shape index (κ2) is 6.89. The Bertz CT molecular complexity index is 1050. The van der Waals surface area contributed by atoms with Gasteiger partial charge in [0.05, 0.1) is 11.1 Å². The molecule has 1 aromatic carbocycles. The summed E-state index contributed by atoms with van der Waals surface area (Å²) in [5.41, 5.74) is 3.08. The second-order valence-corrected chi connectivity index (χ2v) is 8.57. The standard InChI is InChI=1S/C19H19N3O2S2/c1-11-12(2)26-18-16(11)17(24)20-19(21-18)25-10-15(23)22-9-5-7-13-6-3-4-8-14(13)22/h3-4,6,8H,5,7,9-10H2,1-2H3,(H,20,21,24). The summed E-state index contributed by atoms with van der Waals surface area (Å²) < 4.78 is 0. The Morgan fingerprint density at radius 1 is 1.35 bits per heavy atom. The number of fused-ring (bicyclic) bond motifs is 2. The van der Waals surface area contributed by atoms with Crippen molar-refractivity contribution < 1.29 is 4.79 Å². The number of carbonyl (C=O) groups excluding carboxylic acids is 1. The van der Waals surface area contributed by atoms with Gasteiger partial charge in [-0.2, -0.15) is 0 Å². The number of para-hydroxylation sites is 1. The van der Waals surface area contributed by atoms with Crippen molar-refractivity contribution in [1.29, 1.82) is 0 Å². The summed E-state index contributed by atoms with van der Waals surface area (Å²) in [4.78, 5) is 36.1. The van der Waals surface area contributed by atoms with Crippen LogP contribution in [0.1, 0.15) is 22.4 Å². The number of aromatic nitrogens is 2. The minimum atomic E-state index is -0.130. The van der Waals surface area contributed by atoms with Crippen molar-refractivity contribution in [2.75, 3.05) is 17.2 Å². The molecule has 7 heteroatoms. The normalized spacial score (nSPS) is 13.8. The summed E-state index contributed by atoms with van der Waals surface area (Å²) >= 11 is 2.81. The van der Waals surface area contributed by atoms with Gasteiger partial charge in [-0.15, -0.1) is 11.3 Å². The molecule has 0 radical (unpaired) electrons. The van der Waals surface area contributed by atoms with Crippen molar-refractivity contribution in [3.05, 3.63) is 50.6 Å². The van der Waals surface area contributed by atoms with Gasteiger partial charge >= 0.3 is 0 Å². The number of amides is 1. The predicted molar refractivity (Wildman–Crippen MR) is 108 cm³/mol. The summed E-state index contributed by atoms with van der Waals surface area (Å²) in [6.45, 7) is 4.67. The summed E-state index contributed by atoms with van der Waals surface area (Å²) in [7, 11) is 0. The van der Waals surface area contributed by atoms with Crippen LogP contribution in [0.25, 0.3) is 10.2 Å². The Kier molecular flexibility index (Phi) is 4.58. The van der Waals surface area contributed by atoms with Gasteiger partial charge in [0.2, 0.25) is 5.91 Å². The number of anilines is 1. The minimum absolute atomic E-state index is 0.0448. The van der Waals surface area contributed by atoms with Crippen LogP contribution in [0.3, 0.4) is 0 Å². The van der Waals surface area contributed by atoms with Gasteiger partial charge < -0.3 is 9.88 Å². The molecule has 0 atom stereocenters. The van der Waals surface area contributed by atoms with Crippen LogP contribution >= 0.6 is 23.1 Å². The van der Waals surface area contributed by atoms with Crippen LogP contribution in [0.15, 0.2) is 34.2 Å². The first kappa shape index (κ1) is 17.3. The molecule has 4 rings (SSSR count). The number of aromatic amines is 1. The first-order valence-electron chi connectivity index (χ1n) is 8.55. The summed E-state index contributed by atoms with van der Waals surface area (Å²) in [5.74, 6) is 0.301. The number of carbonyl (C=O) groups is 1. The molecular weight excluding hydrogens is 366 g/mol. The third-order valence-corrected chi connectivity index (χ3v) is 6.72. The topological polar surface area (TPSA) is 66.1 Å². The zero-order valence-corrected chi connectivity index (χ0v) is 16.3. The van der Waals surface area contributed by atoms with Gasteiger partial charge in [-0.25, -0.2) is 4.98 Å². The molecule has 1 N–H and O–H groups in total. The highest BCUT2D eigenvalue weighted by Gasteiger charge is 2.22. The first-order valence-corrected chi connectivity index (χ1v) is 10.4. The van der Waals surface area contributed by atoms with E-state index in [4.69, 9.17) is 0 Å². The number of aryl methyl sites for hydroxylation is 3. The third-order valence-electron chi connectivity index (χ3n) is 4.76. The molecule has 134 valence electrons. The summed E-state index contributed by atoms with van der Waals surface area (Å²) in [6.07, 6.45) is 1.98. The van der Waals surface area contributed by atoms with Crippen LogP contribution in [-0.2, 0) is 11.2 Å². The first-order chi connectivity index (χ1) is 12.5. The molecule has 0 bridgehead atoms. The van der Waals surface area contributed by atoms with Crippen LogP contribution in [-0.4, -0.2) is 28.2 Å². The van der Waals surface area contributed by atoms with E-state index in [1.807, 2.05) is 36.9 Å². The predicted octanol–water partition coefficient (Wildman–Crippen LogP) is 3.67. The lowest BCUT2D eigenvalue weighted by molar-refractivity contribution is -0.116. The molecule has 1 amide bonds. The number of hydrogen-bond acceptors (Lipinski definition) is 5. The lowest BCUT2D eigenvalue weighted by Crippen LogP contribution is -2.36. The Hall–Kier alpha value is -2.12. The number of nitrogens with zero attached hydrogens (tertiary/aromatic N) is 2. The van der Waals surface area contributed by atoms with Crippen molar-refractivity contribution >= 4 is 44.9 Å². The maximum absolute atomic E-state index is 12.7. The van der Waals surface area contributed by atoms with E-state index in [2.05, 4.69) is 16.0 Å². The highest BCUT2D eigenvalue weighted by molar-refractivity contribution is 7.99. The monoisotopic (exact) mass is 385 g/mol. The zero-order valence-electron chi connectivity index (χ0n) is 14.7. The Labute approximate surface area is 159 Å². The molecular formula is C19H19N3O2S2. The van der Waals surface area contributed by atoms with E-state index in [-0.39, 0.29) is 17.2 Å². The van der Waals surface area contributed by atoms with Gasteiger partial charge in [0.25, 0.3) is 5.56 Å². The quantitative estimate of drug-likeness (QED) is 0.552. The minimum Gasteiger partial charge on any atom is -0.311 e. The molecule has 0 aliphatic carbocycles. The fourth-order valence-electron chi connectivity index (χ4n) is 3.30. The fourth-order valence-corrected chi connectivity index (χ4v) is 5.13. The van der Waals surface area contributed by atoms with Gasteiger partial charge in [-0.1, -0.05) is 30.0 Å². The molecule has 0 saturated heterocycles. The molecule has 0 saturated carbocycles. The van der Waals surface area contributed by atoms with Crippen molar-refractivity contribution in [1.82, 2.24) is 9.97 Å². The number of thioether (sulfide) groups is 1. The van der Waals surface area contributed by atoms with Gasteiger partial charge in [0, 0.05) is 17.1 Å². The molecule has 3 aromatic rings. The van der Waals surface area contributed by atoms with Crippen LogP contribution < -0.4 is 10.5 Å². The lowest BCUT2D eigenvalue weighted by atomic mass is 10.0. The molecule has 1 aliphatic rings. The van der Waals surface area contributed by atoms with Crippen molar-refractivity contribution in [3.8, 4) is 0 Å². The number of hydrogen-bond donors (Lipinski definition) is 1. The van der Waals surface area contributed by atoms with E-state index in [1.54, 1.807) is 0 Å². The molecule has 0 fully saturated rings. The zero-order chi connectivity index (χ0) is 18.3. The van der Waals surface area contributed by atoms with Crippen molar-refractivity contribution in [3.63, 3.8) is 0 Å². The number of benzene rings is 1. The molecule has 2 aromatic heterocycles. The van der Waals surface area contributed by atoms with E-state index < -0.39 is 0 Å². The molecule has 3 heterocycles.